The average Bonchev–Trinajstić information content (AvgIpc) is 3.16. The molecule has 1 N–H and O–H groups in total. The summed E-state index contributed by atoms with van der Waals surface area (Å²) in [5, 5.41) is 3.11. The molecule has 0 aromatic heterocycles. The molecule has 5 heteroatoms. The Balaban J connectivity index is 1.34. The number of nitrogens with one attached hydrogen (secondary N) is 1. The lowest BCUT2D eigenvalue weighted by atomic mass is 9.49. The van der Waals surface area contributed by atoms with E-state index in [2.05, 4.69) is 5.32 Å². The van der Waals surface area contributed by atoms with Gasteiger partial charge in [0, 0.05) is 11.4 Å². The van der Waals surface area contributed by atoms with Crippen LogP contribution in [0.5, 0.6) is 0 Å². The molecule has 1 aromatic rings. The van der Waals surface area contributed by atoms with Crippen molar-refractivity contribution in [2.45, 2.75) is 62.3 Å². The molecule has 4 bridgehead atoms. The molecule has 1 heterocycles. The number of amides is 2. The van der Waals surface area contributed by atoms with Crippen LogP contribution in [0.15, 0.2) is 29.2 Å². The van der Waals surface area contributed by atoms with Crippen LogP contribution in [0.3, 0.4) is 0 Å². The number of hydrogen-bond donors (Lipinski definition) is 1. The van der Waals surface area contributed by atoms with E-state index in [4.69, 9.17) is 0 Å². The summed E-state index contributed by atoms with van der Waals surface area (Å²) in [6.07, 6.45) is 10.9. The van der Waals surface area contributed by atoms with Crippen molar-refractivity contribution in [1.29, 1.82) is 0 Å². The van der Waals surface area contributed by atoms with Gasteiger partial charge < -0.3 is 10.2 Å². The predicted molar refractivity (Wildman–Crippen MR) is 112 cm³/mol. The van der Waals surface area contributed by atoms with E-state index in [1.165, 1.54) is 19.3 Å². The lowest BCUT2D eigenvalue weighted by molar-refractivity contribution is -0.160. The molecule has 0 radical (unpaired) electrons. The van der Waals surface area contributed by atoms with Crippen molar-refractivity contribution in [2.24, 2.45) is 23.2 Å². The van der Waals surface area contributed by atoms with Gasteiger partial charge in [-0.15, -0.1) is 11.8 Å². The van der Waals surface area contributed by atoms with E-state index in [9.17, 15) is 9.59 Å². The lowest BCUT2D eigenvalue weighted by Gasteiger charge is -2.56. The maximum Gasteiger partial charge on any atom is 0.247 e. The van der Waals surface area contributed by atoms with Crippen LogP contribution in [0.2, 0.25) is 0 Å². The van der Waals surface area contributed by atoms with Gasteiger partial charge in [0.1, 0.15) is 6.04 Å². The number of carbonyl (C=O) groups is 2. The van der Waals surface area contributed by atoms with Crippen molar-refractivity contribution >= 4 is 29.3 Å². The number of hydrogen-bond acceptors (Lipinski definition) is 3. The molecule has 0 spiro atoms. The molecular weight excluding hydrogens is 368 g/mol. The maximum absolute atomic E-state index is 13.7. The first-order chi connectivity index (χ1) is 13.6. The fourth-order valence-electron chi connectivity index (χ4n) is 6.92. The van der Waals surface area contributed by atoms with Gasteiger partial charge in [0.2, 0.25) is 11.8 Å². The molecule has 1 unspecified atom stereocenters. The number of rotatable bonds is 4. The van der Waals surface area contributed by atoms with Crippen molar-refractivity contribution in [2.75, 3.05) is 18.1 Å². The summed E-state index contributed by atoms with van der Waals surface area (Å²) in [6.45, 7) is 0.739. The summed E-state index contributed by atoms with van der Waals surface area (Å²) >= 11 is 1.63. The second-order valence-electron chi connectivity index (χ2n) is 9.54. The first-order valence-corrected chi connectivity index (χ1v) is 12.1. The molecule has 4 saturated carbocycles. The third kappa shape index (κ3) is 3.06. The van der Waals surface area contributed by atoms with Gasteiger partial charge in [0.25, 0.3) is 0 Å². The van der Waals surface area contributed by atoms with Crippen molar-refractivity contribution in [1.82, 2.24) is 4.90 Å². The summed E-state index contributed by atoms with van der Waals surface area (Å²) in [5.74, 6) is 2.52. The lowest BCUT2D eigenvalue weighted by Crippen LogP contribution is -2.56. The number of para-hydroxylation sites is 1. The fourth-order valence-corrected chi connectivity index (χ4v) is 7.48. The minimum atomic E-state index is -0.310. The quantitative estimate of drug-likeness (QED) is 0.757. The van der Waals surface area contributed by atoms with Crippen molar-refractivity contribution in [3.05, 3.63) is 24.3 Å². The molecular formula is C23H30N2O2S. The minimum absolute atomic E-state index is 0.0166. The predicted octanol–water partition coefficient (Wildman–Crippen LogP) is 4.55. The summed E-state index contributed by atoms with van der Waals surface area (Å²) in [6, 6.07) is 7.59. The van der Waals surface area contributed by atoms with Gasteiger partial charge in [-0.2, -0.15) is 0 Å². The van der Waals surface area contributed by atoms with Crippen LogP contribution < -0.4 is 5.32 Å². The highest BCUT2D eigenvalue weighted by molar-refractivity contribution is 7.98. The number of nitrogens with zero attached hydrogens (tertiary/aromatic N) is 1. The molecule has 6 rings (SSSR count). The molecule has 28 heavy (non-hydrogen) atoms. The molecule has 1 aromatic carbocycles. The average molecular weight is 399 g/mol. The topological polar surface area (TPSA) is 49.4 Å². The van der Waals surface area contributed by atoms with E-state index in [1.54, 1.807) is 11.8 Å². The molecule has 5 fully saturated rings. The summed E-state index contributed by atoms with van der Waals surface area (Å²) in [7, 11) is 0. The number of likely N-dealkylation sites (tertiary alicyclic amines) is 1. The smallest absolute Gasteiger partial charge is 0.247 e. The third-order valence-corrected chi connectivity index (χ3v) is 8.47. The van der Waals surface area contributed by atoms with Crippen molar-refractivity contribution < 1.29 is 9.59 Å². The summed E-state index contributed by atoms with van der Waals surface area (Å²) < 4.78 is 0. The van der Waals surface area contributed by atoms with E-state index in [-0.39, 0.29) is 17.4 Å². The first kappa shape index (κ1) is 18.5. The molecule has 2 amide bonds. The zero-order chi connectivity index (χ0) is 19.3. The monoisotopic (exact) mass is 398 g/mol. The molecule has 1 aliphatic heterocycles. The van der Waals surface area contributed by atoms with Gasteiger partial charge in [-0.05, 0) is 87.5 Å². The molecule has 5 aliphatic rings. The van der Waals surface area contributed by atoms with Gasteiger partial charge in [-0.1, -0.05) is 12.1 Å². The molecule has 1 saturated heterocycles. The standard InChI is InChI=1S/C23H30N2O2S/c1-28-20-7-3-2-5-18(20)24-21(26)19-6-4-8-25(19)22(27)23-12-15-9-16(13-23)11-17(10-15)14-23/h2-3,5,7,15-17,19H,4,6,8-14H2,1H3,(H,24,26). The van der Waals surface area contributed by atoms with Crippen molar-refractivity contribution in [3.8, 4) is 0 Å². The largest absolute Gasteiger partial charge is 0.330 e. The molecule has 4 aliphatic carbocycles. The zero-order valence-electron chi connectivity index (χ0n) is 16.7. The Morgan fingerprint density at radius 2 is 1.71 bits per heavy atom. The summed E-state index contributed by atoms with van der Waals surface area (Å²) in [5.41, 5.74) is 0.698. The fraction of sp³-hybridized carbons (Fsp3) is 0.652. The highest BCUT2D eigenvalue weighted by Gasteiger charge is 2.56. The van der Waals surface area contributed by atoms with Gasteiger partial charge in [0.05, 0.1) is 11.1 Å². The summed E-state index contributed by atoms with van der Waals surface area (Å²) in [4.78, 5) is 29.9. The zero-order valence-corrected chi connectivity index (χ0v) is 17.5. The second-order valence-corrected chi connectivity index (χ2v) is 10.4. The van der Waals surface area contributed by atoms with E-state index in [1.807, 2.05) is 35.4 Å². The van der Waals surface area contributed by atoms with Crippen LogP contribution in [-0.2, 0) is 9.59 Å². The van der Waals surface area contributed by atoms with Crippen LogP contribution >= 0.6 is 11.8 Å². The Morgan fingerprint density at radius 1 is 1.07 bits per heavy atom. The van der Waals surface area contributed by atoms with Crippen LogP contribution in [0.25, 0.3) is 0 Å². The Hall–Kier alpha value is -1.49. The molecule has 150 valence electrons. The molecule has 1 atom stereocenters. The maximum atomic E-state index is 13.7. The Morgan fingerprint density at radius 3 is 2.36 bits per heavy atom. The van der Waals surface area contributed by atoms with Crippen LogP contribution in [-0.4, -0.2) is 35.6 Å². The second kappa shape index (κ2) is 7.08. The van der Waals surface area contributed by atoms with Crippen molar-refractivity contribution in [3.63, 3.8) is 0 Å². The highest BCUT2D eigenvalue weighted by atomic mass is 32.2. The van der Waals surface area contributed by atoms with E-state index in [0.29, 0.717) is 5.91 Å². The van der Waals surface area contributed by atoms with Crippen LogP contribution in [0, 0.1) is 23.2 Å². The van der Waals surface area contributed by atoms with Crippen LogP contribution in [0.1, 0.15) is 51.4 Å². The normalized spacial score (nSPS) is 36.0. The van der Waals surface area contributed by atoms with Gasteiger partial charge in [0.15, 0.2) is 0 Å². The van der Waals surface area contributed by atoms with E-state index >= 15 is 0 Å². The SMILES string of the molecule is CSc1ccccc1NC(=O)C1CCCN1C(=O)C12CC3CC(CC(C3)C1)C2. The van der Waals surface area contributed by atoms with E-state index in [0.717, 1.165) is 67.0 Å². The number of benzene rings is 1. The third-order valence-electron chi connectivity index (χ3n) is 7.67. The number of anilines is 1. The van der Waals surface area contributed by atoms with E-state index < -0.39 is 0 Å². The van der Waals surface area contributed by atoms with Crippen LogP contribution in [0.4, 0.5) is 5.69 Å². The van der Waals surface area contributed by atoms with Gasteiger partial charge >= 0.3 is 0 Å². The molecule has 4 nitrogen and oxygen atoms in total. The first-order valence-electron chi connectivity index (χ1n) is 10.8. The highest BCUT2D eigenvalue weighted by Crippen LogP contribution is 2.60. The number of carbonyl (C=O) groups excluding carboxylic acids is 2. The van der Waals surface area contributed by atoms with Gasteiger partial charge in [-0.3, -0.25) is 9.59 Å². The Labute approximate surface area is 171 Å². The Bertz CT molecular complexity index is 757. The number of thioether (sulfide) groups is 1. The minimum Gasteiger partial charge on any atom is -0.330 e. The van der Waals surface area contributed by atoms with Gasteiger partial charge in [-0.25, -0.2) is 0 Å². The Kier molecular flexibility index (Phi) is 4.69.